The van der Waals surface area contributed by atoms with Crippen molar-refractivity contribution in [3.05, 3.63) is 24.0 Å². The molecule has 0 aromatic heterocycles. The van der Waals surface area contributed by atoms with Gasteiger partial charge in [0.25, 0.3) is 0 Å². The molecule has 98 valence electrons. The first-order chi connectivity index (χ1) is 8.43. The Morgan fingerprint density at radius 1 is 1.50 bits per heavy atom. The van der Waals surface area contributed by atoms with Crippen molar-refractivity contribution in [3.63, 3.8) is 0 Å². The van der Waals surface area contributed by atoms with Gasteiger partial charge >= 0.3 is 12.0 Å². The van der Waals surface area contributed by atoms with Crippen molar-refractivity contribution in [2.75, 3.05) is 26.0 Å². The van der Waals surface area contributed by atoms with Gasteiger partial charge in [-0.1, -0.05) is 0 Å². The minimum atomic E-state index is -1.15. The fourth-order valence-electron chi connectivity index (χ4n) is 1.21. The molecule has 0 fully saturated rings. The second-order valence-corrected chi connectivity index (χ2v) is 3.53. The van der Waals surface area contributed by atoms with Crippen LogP contribution in [0.4, 0.5) is 14.9 Å². The molecule has 6 nitrogen and oxygen atoms in total. The Kier molecular flexibility index (Phi) is 4.47. The number of benzene rings is 1. The van der Waals surface area contributed by atoms with E-state index in [0.29, 0.717) is 5.75 Å². The lowest BCUT2D eigenvalue weighted by atomic mass is 10.3. The van der Waals surface area contributed by atoms with Crippen molar-refractivity contribution in [1.29, 1.82) is 0 Å². The van der Waals surface area contributed by atoms with Crippen LogP contribution >= 0.6 is 0 Å². The predicted molar refractivity (Wildman–Crippen MR) is 62.2 cm³/mol. The number of hydrogen-bond acceptors (Lipinski definition) is 3. The summed E-state index contributed by atoms with van der Waals surface area (Å²) in [5.41, 5.74) is -0.0726. The lowest BCUT2D eigenvalue weighted by Gasteiger charge is -2.16. The molecule has 18 heavy (non-hydrogen) atoms. The molecule has 0 aliphatic heterocycles. The second kappa shape index (κ2) is 5.85. The molecule has 1 rings (SSSR count). The normalized spacial score (nSPS) is 9.72. The van der Waals surface area contributed by atoms with Gasteiger partial charge in [-0.15, -0.1) is 0 Å². The maximum absolute atomic E-state index is 13.4. The van der Waals surface area contributed by atoms with Crippen LogP contribution in [0.1, 0.15) is 0 Å². The van der Waals surface area contributed by atoms with Crippen molar-refractivity contribution >= 4 is 17.7 Å². The number of methoxy groups -OCH3 is 1. The summed E-state index contributed by atoms with van der Waals surface area (Å²) in [6, 6.07) is 3.14. The molecule has 1 aromatic rings. The molecular weight excluding hydrogens is 243 g/mol. The van der Waals surface area contributed by atoms with Gasteiger partial charge in [-0.3, -0.25) is 4.79 Å². The highest BCUT2D eigenvalue weighted by atomic mass is 19.1. The van der Waals surface area contributed by atoms with Crippen molar-refractivity contribution in [2.45, 2.75) is 0 Å². The largest absolute Gasteiger partial charge is 0.497 e. The smallest absolute Gasteiger partial charge is 0.323 e. The Hall–Kier alpha value is -2.31. The molecule has 7 heteroatoms. The molecule has 2 N–H and O–H groups in total. The van der Waals surface area contributed by atoms with Gasteiger partial charge in [-0.05, 0) is 12.1 Å². The van der Waals surface area contributed by atoms with E-state index in [1.54, 1.807) is 0 Å². The summed E-state index contributed by atoms with van der Waals surface area (Å²) >= 11 is 0. The maximum Gasteiger partial charge on any atom is 0.323 e. The highest BCUT2D eigenvalue weighted by Crippen LogP contribution is 2.21. The number of carbonyl (C=O) groups excluding carboxylic acids is 1. The Labute approximate surface area is 103 Å². The third-order valence-corrected chi connectivity index (χ3v) is 2.13. The number of ether oxygens (including phenoxy) is 1. The third-order valence-electron chi connectivity index (χ3n) is 2.13. The molecule has 2 amide bonds. The highest BCUT2D eigenvalue weighted by molar-refractivity contribution is 5.91. The van der Waals surface area contributed by atoms with E-state index in [2.05, 4.69) is 5.32 Å². The summed E-state index contributed by atoms with van der Waals surface area (Å²) in [6.45, 7) is -0.475. The average molecular weight is 256 g/mol. The van der Waals surface area contributed by atoms with Gasteiger partial charge in [0.15, 0.2) is 0 Å². The van der Waals surface area contributed by atoms with E-state index < -0.39 is 24.4 Å². The number of aliphatic carboxylic acids is 1. The molecule has 0 unspecified atom stereocenters. The number of likely N-dealkylation sites (N-methyl/N-ethyl adjacent to an activating group) is 1. The molecule has 0 radical (unpaired) electrons. The molecule has 0 saturated carbocycles. The van der Waals surface area contributed by atoms with Gasteiger partial charge < -0.3 is 20.1 Å². The van der Waals surface area contributed by atoms with Crippen molar-refractivity contribution in [1.82, 2.24) is 4.90 Å². The average Bonchev–Trinajstić information content (AvgIpc) is 2.31. The van der Waals surface area contributed by atoms with Gasteiger partial charge in [-0.2, -0.15) is 0 Å². The summed E-state index contributed by atoms with van der Waals surface area (Å²) in [5, 5.41) is 10.8. The van der Waals surface area contributed by atoms with Crippen LogP contribution in [-0.2, 0) is 4.79 Å². The zero-order chi connectivity index (χ0) is 13.7. The molecule has 0 bridgehead atoms. The van der Waals surface area contributed by atoms with Crippen LogP contribution in [0.2, 0.25) is 0 Å². The van der Waals surface area contributed by atoms with Gasteiger partial charge in [0.2, 0.25) is 0 Å². The summed E-state index contributed by atoms with van der Waals surface area (Å²) in [7, 11) is 2.71. The molecule has 0 atom stereocenters. The van der Waals surface area contributed by atoms with E-state index in [1.807, 2.05) is 0 Å². The minimum Gasteiger partial charge on any atom is -0.497 e. The first-order valence-electron chi connectivity index (χ1n) is 5.01. The summed E-state index contributed by atoms with van der Waals surface area (Å²) in [4.78, 5) is 22.9. The zero-order valence-corrected chi connectivity index (χ0v) is 9.94. The summed E-state index contributed by atoms with van der Waals surface area (Å²) < 4.78 is 18.3. The molecule has 0 spiro atoms. The van der Waals surface area contributed by atoms with E-state index in [1.165, 1.54) is 26.3 Å². The van der Waals surface area contributed by atoms with Crippen molar-refractivity contribution in [3.8, 4) is 5.75 Å². The minimum absolute atomic E-state index is 0.0726. The first-order valence-corrected chi connectivity index (χ1v) is 5.01. The number of amides is 2. The number of carboxylic acid groups (broad SMARTS) is 1. The monoisotopic (exact) mass is 256 g/mol. The summed E-state index contributed by atoms with van der Waals surface area (Å²) in [6.07, 6.45) is 0. The van der Waals surface area contributed by atoms with E-state index in [4.69, 9.17) is 9.84 Å². The van der Waals surface area contributed by atoms with E-state index >= 15 is 0 Å². The van der Waals surface area contributed by atoms with Crippen LogP contribution in [0.5, 0.6) is 5.75 Å². The Morgan fingerprint density at radius 2 is 2.17 bits per heavy atom. The van der Waals surface area contributed by atoms with Crippen LogP contribution in [0, 0.1) is 5.82 Å². The number of rotatable bonds is 4. The van der Waals surface area contributed by atoms with Crippen LogP contribution in [0.15, 0.2) is 18.2 Å². The van der Waals surface area contributed by atoms with Crippen molar-refractivity contribution < 1.29 is 23.8 Å². The summed E-state index contributed by atoms with van der Waals surface area (Å²) in [5.74, 6) is -1.40. The molecule has 0 saturated heterocycles. The van der Waals surface area contributed by atoms with Crippen molar-refractivity contribution in [2.24, 2.45) is 0 Å². The second-order valence-electron chi connectivity index (χ2n) is 3.53. The number of urea groups is 1. The fraction of sp³-hybridized carbons (Fsp3) is 0.273. The SMILES string of the molecule is COc1ccc(F)c(NC(=O)N(C)CC(=O)O)c1. The van der Waals surface area contributed by atoms with Gasteiger partial charge in [0, 0.05) is 13.1 Å². The molecule has 0 heterocycles. The zero-order valence-electron chi connectivity index (χ0n) is 9.94. The first kappa shape index (κ1) is 13.8. The van der Waals surface area contributed by atoms with Gasteiger partial charge in [0.05, 0.1) is 12.8 Å². The van der Waals surface area contributed by atoms with Crippen LogP contribution in [0.3, 0.4) is 0 Å². The molecule has 0 aliphatic rings. The fourth-order valence-corrected chi connectivity index (χ4v) is 1.21. The molecule has 0 aliphatic carbocycles. The topological polar surface area (TPSA) is 78.9 Å². The van der Waals surface area contributed by atoms with Gasteiger partial charge in [-0.25, -0.2) is 9.18 Å². The van der Waals surface area contributed by atoms with E-state index in [0.717, 1.165) is 11.0 Å². The Morgan fingerprint density at radius 3 is 2.72 bits per heavy atom. The van der Waals surface area contributed by atoms with Crippen LogP contribution in [-0.4, -0.2) is 42.7 Å². The number of nitrogens with zero attached hydrogens (tertiary/aromatic N) is 1. The Bertz CT molecular complexity index is 464. The third kappa shape index (κ3) is 3.62. The maximum atomic E-state index is 13.4. The van der Waals surface area contributed by atoms with Crippen LogP contribution in [0.25, 0.3) is 0 Å². The number of anilines is 1. The van der Waals surface area contributed by atoms with Gasteiger partial charge in [0.1, 0.15) is 18.1 Å². The number of hydrogen-bond donors (Lipinski definition) is 2. The lowest BCUT2D eigenvalue weighted by Crippen LogP contribution is -2.35. The molecule has 1 aromatic carbocycles. The predicted octanol–water partition coefficient (Wildman–Crippen LogP) is 1.38. The van der Waals surface area contributed by atoms with E-state index in [9.17, 15) is 14.0 Å². The standard InChI is InChI=1S/C11H13FN2O4/c1-14(6-10(15)16)11(17)13-9-5-7(18-2)3-4-8(9)12/h3-5H,6H2,1-2H3,(H,13,17)(H,15,16). The lowest BCUT2D eigenvalue weighted by molar-refractivity contribution is -0.137. The van der Waals surface area contributed by atoms with E-state index in [-0.39, 0.29) is 5.69 Å². The highest BCUT2D eigenvalue weighted by Gasteiger charge is 2.14. The number of nitrogens with one attached hydrogen (secondary N) is 1. The number of halogens is 1. The number of carbonyl (C=O) groups is 2. The quantitative estimate of drug-likeness (QED) is 0.853. The Balaban J connectivity index is 2.77. The number of carboxylic acids is 1. The molecular formula is C11H13FN2O4. The van der Waals surface area contributed by atoms with Crippen LogP contribution < -0.4 is 10.1 Å².